The Morgan fingerprint density at radius 1 is 1.27 bits per heavy atom. The van der Waals surface area contributed by atoms with E-state index in [4.69, 9.17) is 0 Å². The minimum Gasteiger partial charge on any atom is -0.300 e. The maximum absolute atomic E-state index is 4.02. The third kappa shape index (κ3) is 2.18. The Bertz CT molecular complexity index is 429. The van der Waals surface area contributed by atoms with Crippen LogP contribution in [-0.4, -0.2) is 28.2 Å². The first-order valence-electron chi connectivity index (χ1n) is 5.47. The molecule has 0 radical (unpaired) electrons. The highest BCUT2D eigenvalue weighted by Gasteiger charge is 2.02. The lowest BCUT2D eigenvalue weighted by Gasteiger charge is -2.17. The predicted octanol–water partition coefficient (Wildman–Crippen LogP) is 2.40. The van der Waals surface area contributed by atoms with Gasteiger partial charge in [-0.3, -0.25) is 10.00 Å². The molecule has 2 aromatic rings. The van der Waals surface area contributed by atoms with Crippen molar-refractivity contribution in [2.75, 3.05) is 13.1 Å². The van der Waals surface area contributed by atoms with E-state index in [9.17, 15) is 0 Å². The van der Waals surface area contributed by atoms with Crippen LogP contribution in [0, 0.1) is 0 Å². The van der Waals surface area contributed by atoms with Gasteiger partial charge in [0.25, 0.3) is 0 Å². The Balaban J connectivity index is 2.20. The van der Waals surface area contributed by atoms with Crippen molar-refractivity contribution in [1.29, 1.82) is 0 Å². The molecule has 80 valence electrons. The highest BCUT2D eigenvalue weighted by molar-refractivity contribution is 5.78. The van der Waals surface area contributed by atoms with Crippen LogP contribution < -0.4 is 0 Å². The van der Waals surface area contributed by atoms with Crippen molar-refractivity contribution in [1.82, 2.24) is 15.1 Å². The number of hydrogen-bond acceptors (Lipinski definition) is 2. The van der Waals surface area contributed by atoms with Gasteiger partial charge in [-0.25, -0.2) is 0 Å². The standard InChI is InChI=1S/C12H17N3/c1-3-15(4-2)9-10-5-6-11-8-13-14-12(11)7-10/h5-8H,3-4,9H2,1-2H3,(H,13,14). The number of nitrogens with zero attached hydrogens (tertiary/aromatic N) is 2. The average Bonchev–Trinajstić information content (AvgIpc) is 2.73. The first kappa shape index (κ1) is 10.2. The Morgan fingerprint density at radius 3 is 2.80 bits per heavy atom. The summed E-state index contributed by atoms with van der Waals surface area (Å²) in [6.07, 6.45) is 1.86. The zero-order valence-electron chi connectivity index (χ0n) is 9.33. The van der Waals surface area contributed by atoms with E-state index in [0.717, 1.165) is 25.2 Å². The van der Waals surface area contributed by atoms with E-state index in [2.05, 4.69) is 47.1 Å². The third-order valence-electron chi connectivity index (χ3n) is 2.81. The molecule has 0 amide bonds. The molecule has 1 aromatic heterocycles. The SMILES string of the molecule is CCN(CC)Cc1ccc2cn[nH]c2c1. The number of aromatic amines is 1. The predicted molar refractivity (Wildman–Crippen MR) is 62.7 cm³/mol. The van der Waals surface area contributed by atoms with E-state index in [1.54, 1.807) is 0 Å². The van der Waals surface area contributed by atoms with Gasteiger partial charge in [0.1, 0.15) is 0 Å². The van der Waals surface area contributed by atoms with Gasteiger partial charge in [-0.05, 0) is 24.7 Å². The normalized spacial score (nSPS) is 11.4. The van der Waals surface area contributed by atoms with E-state index in [-0.39, 0.29) is 0 Å². The Labute approximate surface area is 90.1 Å². The summed E-state index contributed by atoms with van der Waals surface area (Å²) in [5.41, 5.74) is 2.47. The second-order valence-corrected chi connectivity index (χ2v) is 3.75. The molecule has 0 aliphatic heterocycles. The Hall–Kier alpha value is -1.35. The smallest absolute Gasteiger partial charge is 0.0653 e. The van der Waals surface area contributed by atoms with Gasteiger partial charge in [0, 0.05) is 11.9 Å². The van der Waals surface area contributed by atoms with Crippen molar-refractivity contribution in [2.24, 2.45) is 0 Å². The fourth-order valence-electron chi connectivity index (χ4n) is 1.79. The fourth-order valence-corrected chi connectivity index (χ4v) is 1.79. The minimum atomic E-state index is 1.02. The number of rotatable bonds is 4. The van der Waals surface area contributed by atoms with Crippen LogP contribution in [0.5, 0.6) is 0 Å². The molecular weight excluding hydrogens is 186 g/mol. The molecule has 3 heteroatoms. The first-order valence-corrected chi connectivity index (χ1v) is 5.47. The monoisotopic (exact) mass is 203 g/mol. The summed E-state index contributed by atoms with van der Waals surface area (Å²) in [5.74, 6) is 0. The molecule has 0 fully saturated rings. The quantitative estimate of drug-likeness (QED) is 0.827. The molecule has 1 heterocycles. The lowest BCUT2D eigenvalue weighted by Crippen LogP contribution is -2.21. The summed E-state index contributed by atoms with van der Waals surface area (Å²) in [6, 6.07) is 6.48. The number of hydrogen-bond donors (Lipinski definition) is 1. The second-order valence-electron chi connectivity index (χ2n) is 3.75. The molecule has 15 heavy (non-hydrogen) atoms. The molecule has 0 aliphatic rings. The second kappa shape index (κ2) is 4.45. The number of H-pyrrole nitrogens is 1. The largest absolute Gasteiger partial charge is 0.300 e. The summed E-state index contributed by atoms with van der Waals surface area (Å²) in [6.45, 7) is 7.59. The van der Waals surface area contributed by atoms with E-state index >= 15 is 0 Å². The van der Waals surface area contributed by atoms with Crippen LogP contribution in [0.2, 0.25) is 0 Å². The Morgan fingerprint density at radius 2 is 2.07 bits per heavy atom. The summed E-state index contributed by atoms with van der Waals surface area (Å²) in [7, 11) is 0. The maximum atomic E-state index is 4.02. The van der Waals surface area contributed by atoms with Gasteiger partial charge in [-0.15, -0.1) is 0 Å². The van der Waals surface area contributed by atoms with E-state index in [0.29, 0.717) is 0 Å². The summed E-state index contributed by atoms with van der Waals surface area (Å²) >= 11 is 0. The number of aromatic nitrogens is 2. The van der Waals surface area contributed by atoms with Crippen LogP contribution in [0.15, 0.2) is 24.4 Å². The molecule has 2 rings (SSSR count). The molecule has 0 unspecified atom stereocenters. The van der Waals surface area contributed by atoms with Crippen molar-refractivity contribution >= 4 is 10.9 Å². The maximum Gasteiger partial charge on any atom is 0.0653 e. The van der Waals surface area contributed by atoms with Crippen LogP contribution in [0.3, 0.4) is 0 Å². The topological polar surface area (TPSA) is 31.9 Å². The van der Waals surface area contributed by atoms with Crippen LogP contribution in [0.4, 0.5) is 0 Å². The summed E-state index contributed by atoms with van der Waals surface area (Å²) < 4.78 is 0. The van der Waals surface area contributed by atoms with Crippen molar-refractivity contribution in [3.63, 3.8) is 0 Å². The zero-order chi connectivity index (χ0) is 10.7. The lowest BCUT2D eigenvalue weighted by atomic mass is 10.1. The first-order chi connectivity index (χ1) is 7.33. The number of fused-ring (bicyclic) bond motifs is 1. The Kier molecular flexibility index (Phi) is 3.02. The van der Waals surface area contributed by atoms with E-state index in [1.165, 1.54) is 10.9 Å². The molecular formula is C12H17N3. The van der Waals surface area contributed by atoms with Crippen LogP contribution in [0.25, 0.3) is 10.9 Å². The van der Waals surface area contributed by atoms with Gasteiger partial charge in [-0.1, -0.05) is 26.0 Å². The highest BCUT2D eigenvalue weighted by Crippen LogP contribution is 2.14. The van der Waals surface area contributed by atoms with Gasteiger partial charge in [0.2, 0.25) is 0 Å². The minimum absolute atomic E-state index is 1.02. The van der Waals surface area contributed by atoms with Crippen LogP contribution >= 0.6 is 0 Å². The molecule has 0 saturated heterocycles. The molecule has 1 aromatic carbocycles. The number of benzene rings is 1. The van der Waals surface area contributed by atoms with Crippen molar-refractivity contribution in [3.05, 3.63) is 30.0 Å². The summed E-state index contributed by atoms with van der Waals surface area (Å²) in [5, 5.41) is 8.20. The van der Waals surface area contributed by atoms with Crippen molar-refractivity contribution < 1.29 is 0 Å². The van der Waals surface area contributed by atoms with Crippen LogP contribution in [0.1, 0.15) is 19.4 Å². The fraction of sp³-hybridized carbons (Fsp3) is 0.417. The molecule has 1 N–H and O–H groups in total. The van der Waals surface area contributed by atoms with Crippen molar-refractivity contribution in [3.8, 4) is 0 Å². The van der Waals surface area contributed by atoms with Gasteiger partial charge in [0.15, 0.2) is 0 Å². The van der Waals surface area contributed by atoms with E-state index in [1.807, 2.05) is 6.20 Å². The molecule has 0 aliphatic carbocycles. The van der Waals surface area contributed by atoms with E-state index < -0.39 is 0 Å². The van der Waals surface area contributed by atoms with Gasteiger partial charge in [0.05, 0.1) is 11.7 Å². The average molecular weight is 203 g/mol. The molecule has 0 saturated carbocycles. The van der Waals surface area contributed by atoms with Gasteiger partial charge in [-0.2, -0.15) is 5.10 Å². The van der Waals surface area contributed by atoms with Gasteiger partial charge >= 0.3 is 0 Å². The number of nitrogens with one attached hydrogen (secondary N) is 1. The molecule has 0 bridgehead atoms. The van der Waals surface area contributed by atoms with Crippen molar-refractivity contribution in [2.45, 2.75) is 20.4 Å². The summed E-state index contributed by atoms with van der Waals surface area (Å²) in [4.78, 5) is 2.40. The third-order valence-corrected chi connectivity index (χ3v) is 2.81. The molecule has 3 nitrogen and oxygen atoms in total. The zero-order valence-corrected chi connectivity index (χ0v) is 9.33. The lowest BCUT2D eigenvalue weighted by molar-refractivity contribution is 0.296. The molecule has 0 atom stereocenters. The van der Waals surface area contributed by atoms with Crippen LogP contribution in [-0.2, 0) is 6.54 Å². The highest BCUT2D eigenvalue weighted by atomic mass is 15.1. The van der Waals surface area contributed by atoms with Gasteiger partial charge < -0.3 is 0 Å². The molecule has 0 spiro atoms.